The van der Waals surface area contributed by atoms with Crippen molar-refractivity contribution < 1.29 is 17.9 Å². The molecule has 184 valence electrons. The molecule has 0 aromatic heterocycles. The van der Waals surface area contributed by atoms with Gasteiger partial charge in [0.25, 0.3) is 0 Å². The molecule has 6 nitrogen and oxygen atoms in total. The standard InChI is InChI=1S/C25H44N2O4S/c1-7-11-13-21(9-3)18-27(19-22(10-4)14-12-8-2)32(29,30)23-15-16-25(31-6)24(17-23)26-20(5)28/h15-17,21-22H,7-14,18-19H2,1-6H3,(H,26,28)/t21-,22-/m0/s1. The number of carbonyl (C=O) groups is 1. The highest BCUT2D eigenvalue weighted by Crippen LogP contribution is 2.31. The van der Waals surface area contributed by atoms with Gasteiger partial charge in [0, 0.05) is 20.0 Å². The fourth-order valence-electron chi connectivity index (χ4n) is 3.97. The van der Waals surface area contributed by atoms with Crippen molar-refractivity contribution >= 4 is 21.6 Å². The third-order valence-electron chi connectivity index (χ3n) is 6.13. The molecule has 32 heavy (non-hydrogen) atoms. The van der Waals surface area contributed by atoms with Crippen LogP contribution >= 0.6 is 0 Å². The van der Waals surface area contributed by atoms with Crippen LogP contribution in [0.4, 0.5) is 5.69 Å². The molecule has 0 aliphatic heterocycles. The number of rotatable bonds is 16. The summed E-state index contributed by atoms with van der Waals surface area (Å²) in [6.07, 6.45) is 8.40. The van der Waals surface area contributed by atoms with Gasteiger partial charge in [0.2, 0.25) is 15.9 Å². The predicted octanol–water partition coefficient (Wildman–Crippen LogP) is 6.08. The topological polar surface area (TPSA) is 75.7 Å². The fraction of sp³-hybridized carbons (Fsp3) is 0.720. The Hall–Kier alpha value is -1.60. The van der Waals surface area contributed by atoms with Gasteiger partial charge < -0.3 is 10.1 Å². The van der Waals surface area contributed by atoms with Gasteiger partial charge >= 0.3 is 0 Å². The molecule has 1 rings (SSSR count). The van der Waals surface area contributed by atoms with Crippen LogP contribution in [-0.2, 0) is 14.8 Å². The third-order valence-corrected chi connectivity index (χ3v) is 7.96. The maximum Gasteiger partial charge on any atom is 0.243 e. The first-order valence-corrected chi connectivity index (χ1v) is 13.6. The van der Waals surface area contributed by atoms with Crippen molar-refractivity contribution in [2.45, 2.75) is 90.9 Å². The number of hydrogen-bond acceptors (Lipinski definition) is 4. The summed E-state index contributed by atoms with van der Waals surface area (Å²) in [5, 5.41) is 2.69. The lowest BCUT2D eigenvalue weighted by atomic mass is 9.97. The van der Waals surface area contributed by atoms with E-state index in [1.165, 1.54) is 20.1 Å². The average molecular weight is 469 g/mol. The van der Waals surface area contributed by atoms with E-state index in [1.54, 1.807) is 16.4 Å². The normalized spacial score (nSPS) is 13.7. The smallest absolute Gasteiger partial charge is 0.243 e. The van der Waals surface area contributed by atoms with E-state index in [0.29, 0.717) is 36.4 Å². The molecule has 2 atom stereocenters. The van der Waals surface area contributed by atoms with Gasteiger partial charge in [-0.25, -0.2) is 8.42 Å². The van der Waals surface area contributed by atoms with Gasteiger partial charge in [-0.05, 0) is 42.9 Å². The summed E-state index contributed by atoms with van der Waals surface area (Å²) in [7, 11) is -2.22. The molecule has 1 amide bonds. The molecule has 0 radical (unpaired) electrons. The Morgan fingerprint density at radius 2 is 1.53 bits per heavy atom. The van der Waals surface area contributed by atoms with Gasteiger partial charge in [-0.3, -0.25) is 4.79 Å². The van der Waals surface area contributed by atoms with Crippen molar-refractivity contribution in [3.8, 4) is 5.75 Å². The van der Waals surface area contributed by atoms with Gasteiger partial charge in [0.15, 0.2) is 0 Å². The van der Waals surface area contributed by atoms with E-state index in [-0.39, 0.29) is 10.8 Å². The van der Waals surface area contributed by atoms with Crippen LogP contribution in [0.1, 0.15) is 86.0 Å². The minimum Gasteiger partial charge on any atom is -0.495 e. The van der Waals surface area contributed by atoms with E-state index in [4.69, 9.17) is 4.74 Å². The summed E-state index contributed by atoms with van der Waals surface area (Å²) in [5.74, 6) is 0.836. The molecule has 1 aromatic rings. The zero-order valence-electron chi connectivity index (χ0n) is 20.9. The zero-order chi connectivity index (χ0) is 24.1. The fourth-order valence-corrected chi connectivity index (χ4v) is 5.58. The minimum absolute atomic E-state index is 0.192. The minimum atomic E-state index is -3.72. The Labute approximate surface area is 196 Å². The molecule has 0 unspecified atom stereocenters. The molecule has 0 aliphatic carbocycles. The molecular formula is C25H44N2O4S. The molecular weight excluding hydrogens is 424 g/mol. The second kappa shape index (κ2) is 14.5. The second-order valence-corrected chi connectivity index (χ2v) is 10.6. The van der Waals surface area contributed by atoms with Crippen LogP contribution in [0, 0.1) is 11.8 Å². The largest absolute Gasteiger partial charge is 0.495 e. The summed E-state index contributed by atoms with van der Waals surface area (Å²) in [6, 6.07) is 4.70. The van der Waals surface area contributed by atoms with E-state index in [9.17, 15) is 13.2 Å². The molecule has 0 spiro atoms. The van der Waals surface area contributed by atoms with Crippen molar-refractivity contribution in [1.82, 2.24) is 4.31 Å². The zero-order valence-corrected chi connectivity index (χ0v) is 21.8. The van der Waals surface area contributed by atoms with Crippen LogP contribution in [0.15, 0.2) is 23.1 Å². The van der Waals surface area contributed by atoms with Crippen LogP contribution in [-0.4, -0.2) is 38.8 Å². The number of methoxy groups -OCH3 is 1. The van der Waals surface area contributed by atoms with E-state index in [1.807, 2.05) is 0 Å². The first kappa shape index (κ1) is 28.4. The maximum atomic E-state index is 13.8. The number of benzene rings is 1. The molecule has 0 saturated heterocycles. The number of ether oxygens (including phenoxy) is 1. The van der Waals surface area contributed by atoms with Crippen LogP contribution < -0.4 is 10.1 Å². The predicted molar refractivity (Wildman–Crippen MR) is 133 cm³/mol. The van der Waals surface area contributed by atoms with Crippen molar-refractivity contribution in [2.24, 2.45) is 11.8 Å². The number of sulfonamides is 1. The Balaban J connectivity index is 3.33. The highest BCUT2D eigenvalue weighted by Gasteiger charge is 2.29. The number of amides is 1. The number of anilines is 1. The number of nitrogens with one attached hydrogen (secondary N) is 1. The summed E-state index contributed by atoms with van der Waals surface area (Å²) >= 11 is 0. The molecule has 7 heteroatoms. The molecule has 0 bridgehead atoms. The molecule has 0 heterocycles. The van der Waals surface area contributed by atoms with Gasteiger partial charge in [-0.15, -0.1) is 0 Å². The Morgan fingerprint density at radius 3 is 1.94 bits per heavy atom. The Morgan fingerprint density at radius 1 is 1.00 bits per heavy atom. The number of carbonyl (C=O) groups excluding carboxylic acids is 1. The maximum absolute atomic E-state index is 13.8. The summed E-state index contributed by atoms with van der Waals surface area (Å²) < 4.78 is 34.6. The lowest BCUT2D eigenvalue weighted by Crippen LogP contribution is -2.39. The van der Waals surface area contributed by atoms with Gasteiger partial charge in [-0.2, -0.15) is 4.31 Å². The Kier molecular flexibility index (Phi) is 12.9. The summed E-state index contributed by atoms with van der Waals surface area (Å²) in [6.45, 7) is 11.1. The van der Waals surface area contributed by atoms with Crippen molar-refractivity contribution in [3.63, 3.8) is 0 Å². The molecule has 0 aliphatic rings. The lowest BCUT2D eigenvalue weighted by molar-refractivity contribution is -0.114. The first-order chi connectivity index (χ1) is 15.2. The summed E-state index contributed by atoms with van der Waals surface area (Å²) in [4.78, 5) is 11.8. The number of hydrogen-bond donors (Lipinski definition) is 1. The second-order valence-electron chi connectivity index (χ2n) is 8.70. The first-order valence-electron chi connectivity index (χ1n) is 12.2. The monoisotopic (exact) mass is 468 g/mol. The molecule has 0 saturated carbocycles. The highest BCUT2D eigenvalue weighted by atomic mass is 32.2. The summed E-state index contributed by atoms with van der Waals surface area (Å²) in [5.41, 5.74) is 0.372. The highest BCUT2D eigenvalue weighted by molar-refractivity contribution is 7.89. The molecule has 0 fully saturated rings. The van der Waals surface area contributed by atoms with Crippen molar-refractivity contribution in [3.05, 3.63) is 18.2 Å². The number of nitrogens with zero attached hydrogens (tertiary/aromatic N) is 1. The number of unbranched alkanes of at least 4 members (excludes halogenated alkanes) is 2. The van der Waals surface area contributed by atoms with E-state index in [0.717, 1.165) is 51.4 Å². The third kappa shape index (κ3) is 8.74. The van der Waals surface area contributed by atoms with E-state index in [2.05, 4.69) is 33.0 Å². The van der Waals surface area contributed by atoms with Gasteiger partial charge in [0.05, 0.1) is 17.7 Å². The molecule has 1 aromatic carbocycles. The average Bonchev–Trinajstić information content (AvgIpc) is 2.77. The molecule has 1 N–H and O–H groups in total. The van der Waals surface area contributed by atoms with Crippen LogP contribution in [0.25, 0.3) is 0 Å². The van der Waals surface area contributed by atoms with Crippen LogP contribution in [0.3, 0.4) is 0 Å². The van der Waals surface area contributed by atoms with Crippen LogP contribution in [0.5, 0.6) is 5.75 Å². The quantitative estimate of drug-likeness (QED) is 0.319. The van der Waals surface area contributed by atoms with Gasteiger partial charge in [-0.1, -0.05) is 66.2 Å². The van der Waals surface area contributed by atoms with Crippen LogP contribution in [0.2, 0.25) is 0 Å². The van der Waals surface area contributed by atoms with E-state index >= 15 is 0 Å². The van der Waals surface area contributed by atoms with Crippen molar-refractivity contribution in [1.29, 1.82) is 0 Å². The van der Waals surface area contributed by atoms with E-state index < -0.39 is 10.0 Å². The SMILES string of the molecule is CCCC[C@H](CC)CN(C[C@@H](CC)CCCC)S(=O)(=O)c1ccc(OC)c(NC(C)=O)c1. The Bertz CT molecular complexity index is 777. The van der Waals surface area contributed by atoms with Crippen molar-refractivity contribution in [2.75, 3.05) is 25.5 Å². The van der Waals surface area contributed by atoms with Gasteiger partial charge in [0.1, 0.15) is 5.75 Å². The lowest BCUT2D eigenvalue weighted by Gasteiger charge is -2.30.